The first-order valence-corrected chi connectivity index (χ1v) is 14.2. The Morgan fingerprint density at radius 2 is 1.83 bits per heavy atom. The van der Waals surface area contributed by atoms with E-state index in [1.54, 1.807) is 6.08 Å². The predicted molar refractivity (Wildman–Crippen MR) is 124 cm³/mol. The number of quaternary nitrogens is 1. The van der Waals surface area contributed by atoms with Gasteiger partial charge in [-0.05, 0) is 19.3 Å². The fraction of sp³-hybridized carbons (Fsp3) is 0.857. The van der Waals surface area contributed by atoms with Crippen LogP contribution in [0.25, 0.3) is 0 Å². The minimum atomic E-state index is -4.11. The Morgan fingerprint density at radius 1 is 1.20 bits per heavy atom. The molecule has 0 aromatic heterocycles. The average Bonchev–Trinajstić information content (AvgIpc) is 2.63. The molecule has 0 aromatic carbocycles. The minimum Gasteiger partial charge on any atom is -0.770 e. The monoisotopic (exact) mass is 466 g/mol. The van der Waals surface area contributed by atoms with Gasteiger partial charge in [0, 0.05) is 12.2 Å². The molecule has 30 heavy (non-hydrogen) atoms. The molecule has 2 unspecified atom stereocenters. The first-order chi connectivity index (χ1) is 14.0. The zero-order valence-electron chi connectivity index (χ0n) is 19.5. The number of hydrogen-bond donors (Lipinski definition) is 2. The molecule has 2 N–H and O–H groups in total. The van der Waals surface area contributed by atoms with Crippen LogP contribution in [0.5, 0.6) is 0 Å². The van der Waals surface area contributed by atoms with Crippen LogP contribution in [0.2, 0.25) is 0 Å². The van der Waals surface area contributed by atoms with Gasteiger partial charge in [-0.15, -0.1) is 0 Å². The van der Waals surface area contributed by atoms with Crippen molar-refractivity contribution in [3.63, 3.8) is 0 Å². The topological polar surface area (TPSA) is 98.7 Å². The molecule has 7 nitrogen and oxygen atoms in total. The van der Waals surface area contributed by atoms with Gasteiger partial charge in [0.05, 0.1) is 33.3 Å². The molecule has 0 bridgehead atoms. The van der Waals surface area contributed by atoms with E-state index in [0.717, 1.165) is 44.9 Å². The Balaban J connectivity index is 4.80. The summed E-state index contributed by atoms with van der Waals surface area (Å²) < 4.78 is 17.9. The van der Waals surface area contributed by atoms with Crippen molar-refractivity contribution in [1.82, 2.24) is 5.32 Å². The number of unbranched alkanes of at least 4 members (excludes halogenated alkanes) is 5. The molecule has 0 spiro atoms. The molecule has 0 aliphatic carbocycles. The molecular weight excluding hydrogens is 423 g/mol. The number of nitrogens with zero attached hydrogens (tertiary/aromatic N) is 1. The Bertz CT molecular complexity index is 540. The van der Waals surface area contributed by atoms with E-state index in [9.17, 15) is 19.4 Å². The van der Waals surface area contributed by atoms with Gasteiger partial charge in [-0.25, -0.2) is 0 Å². The van der Waals surface area contributed by atoms with Crippen LogP contribution in [-0.4, -0.2) is 67.7 Å². The number of aliphatic hydroxyl groups excluding tert-OH is 1. The first kappa shape index (κ1) is 29.6. The number of allylic oxidation sites excluding steroid dienone is 1. The van der Waals surface area contributed by atoms with Crippen molar-refractivity contribution in [3.8, 4) is 0 Å². The van der Waals surface area contributed by atoms with E-state index >= 15 is 0 Å². The number of hydrogen-bond acceptors (Lipinski definition) is 6. The molecular formula is C21H43N2O5PS. The highest BCUT2D eigenvalue weighted by Crippen LogP contribution is 2.51. The lowest BCUT2D eigenvalue weighted by Gasteiger charge is -2.29. The zero-order chi connectivity index (χ0) is 23.0. The number of aliphatic hydroxyl groups is 1. The summed E-state index contributed by atoms with van der Waals surface area (Å²) in [4.78, 5) is 24.4. The number of nitrogens with one attached hydrogen (secondary N) is 1. The Morgan fingerprint density at radius 3 is 2.43 bits per heavy atom. The molecule has 0 aromatic rings. The lowest BCUT2D eigenvalue weighted by molar-refractivity contribution is -0.870. The van der Waals surface area contributed by atoms with Crippen LogP contribution >= 0.6 is 18.2 Å². The lowest BCUT2D eigenvalue weighted by Crippen LogP contribution is -2.44. The molecule has 0 aliphatic heterocycles. The second kappa shape index (κ2) is 16.3. The molecule has 178 valence electrons. The second-order valence-corrected chi connectivity index (χ2v) is 12.5. The molecule has 0 rings (SSSR count). The molecule has 9 heteroatoms. The van der Waals surface area contributed by atoms with Crippen molar-refractivity contribution >= 4 is 24.1 Å². The summed E-state index contributed by atoms with van der Waals surface area (Å²) >= 11 is 0.646. The molecule has 0 fully saturated rings. The average molecular weight is 467 g/mol. The van der Waals surface area contributed by atoms with Crippen molar-refractivity contribution in [2.75, 3.05) is 40.0 Å². The van der Waals surface area contributed by atoms with Crippen LogP contribution < -0.4 is 10.2 Å². The summed E-state index contributed by atoms with van der Waals surface area (Å²) in [5, 5.41) is 13.3. The highest BCUT2D eigenvalue weighted by atomic mass is 32.7. The fourth-order valence-electron chi connectivity index (χ4n) is 2.56. The summed E-state index contributed by atoms with van der Waals surface area (Å²) in [6.45, 7) is 0.746. The van der Waals surface area contributed by atoms with E-state index in [1.807, 2.05) is 27.2 Å². The van der Waals surface area contributed by atoms with Crippen LogP contribution in [0.1, 0.15) is 65.2 Å². The minimum absolute atomic E-state index is 0.0329. The standard InChI is InChI=1S/C21H43N2O5PS/c1-6-8-10-11-13-14-20(24)19(22-21(25)15-12-9-7-2)18-30-29(26,27)28-17-16-23(3,4)5/h13-14,19-20,24H,6-12,15-18H2,1-5H3,(H-,22,25,26,27)/b14-13-/t19?,20-/m1/s1. The van der Waals surface area contributed by atoms with Gasteiger partial charge in [0.1, 0.15) is 13.2 Å². The van der Waals surface area contributed by atoms with Gasteiger partial charge in [0.25, 0.3) is 0 Å². The highest BCUT2D eigenvalue weighted by Gasteiger charge is 2.22. The largest absolute Gasteiger partial charge is 0.770 e. The van der Waals surface area contributed by atoms with Crippen molar-refractivity contribution in [2.24, 2.45) is 0 Å². The Hall–Kier alpha value is -0.370. The number of carbonyl (C=O) groups excluding carboxylic acids is 1. The second-order valence-electron chi connectivity index (χ2n) is 8.64. The molecule has 0 saturated heterocycles. The van der Waals surface area contributed by atoms with E-state index in [0.29, 0.717) is 28.8 Å². The Kier molecular flexibility index (Phi) is 16.1. The van der Waals surface area contributed by atoms with Gasteiger partial charge >= 0.3 is 0 Å². The third-order valence-corrected chi connectivity index (χ3v) is 7.53. The number of carbonyl (C=O) groups is 1. The van der Waals surface area contributed by atoms with Crippen LogP contribution in [0, 0.1) is 0 Å². The number of amides is 1. The summed E-state index contributed by atoms with van der Waals surface area (Å²) in [6, 6.07) is -0.684. The maximum atomic E-state index is 12.2. The van der Waals surface area contributed by atoms with Crippen molar-refractivity contribution < 1.29 is 28.4 Å². The molecule has 0 aliphatic rings. The van der Waals surface area contributed by atoms with Gasteiger partial charge in [-0.3, -0.25) is 9.36 Å². The van der Waals surface area contributed by atoms with Gasteiger partial charge in [0.2, 0.25) is 5.91 Å². The quantitative estimate of drug-likeness (QED) is 0.139. The van der Waals surface area contributed by atoms with E-state index < -0.39 is 18.9 Å². The fourth-order valence-corrected chi connectivity index (χ4v) is 5.04. The molecule has 0 saturated carbocycles. The van der Waals surface area contributed by atoms with Gasteiger partial charge in [-0.1, -0.05) is 63.1 Å². The van der Waals surface area contributed by atoms with Crippen LogP contribution in [0.3, 0.4) is 0 Å². The smallest absolute Gasteiger partial charge is 0.220 e. The van der Waals surface area contributed by atoms with Crippen molar-refractivity contribution in [1.29, 1.82) is 0 Å². The summed E-state index contributed by atoms with van der Waals surface area (Å²) in [5.41, 5.74) is 0. The van der Waals surface area contributed by atoms with Gasteiger partial charge < -0.3 is 24.3 Å². The normalized spacial score (nSPS) is 16.4. The van der Waals surface area contributed by atoms with Crippen LogP contribution in [0.4, 0.5) is 0 Å². The van der Waals surface area contributed by atoms with Gasteiger partial charge in [-0.2, -0.15) is 0 Å². The lowest BCUT2D eigenvalue weighted by atomic mass is 10.1. The van der Waals surface area contributed by atoms with Gasteiger partial charge in [0.15, 0.2) is 6.80 Å². The van der Waals surface area contributed by atoms with Crippen LogP contribution in [0.15, 0.2) is 12.2 Å². The van der Waals surface area contributed by atoms with E-state index in [4.69, 9.17) is 4.52 Å². The zero-order valence-corrected chi connectivity index (χ0v) is 21.2. The van der Waals surface area contributed by atoms with E-state index in [2.05, 4.69) is 19.2 Å². The third-order valence-electron chi connectivity index (χ3n) is 4.50. The van der Waals surface area contributed by atoms with Crippen molar-refractivity contribution in [2.45, 2.75) is 77.4 Å². The molecule has 0 heterocycles. The number of likely N-dealkylation sites (N-methyl/N-ethyl adjacent to an activating group) is 1. The Labute approximate surface area is 187 Å². The summed E-state index contributed by atoms with van der Waals surface area (Å²) in [6.07, 6.45) is 9.87. The summed E-state index contributed by atoms with van der Waals surface area (Å²) in [7, 11) is 5.87. The summed E-state index contributed by atoms with van der Waals surface area (Å²) in [5.74, 6) is -0.135. The van der Waals surface area contributed by atoms with Crippen LogP contribution in [-0.2, 0) is 13.9 Å². The molecule has 0 radical (unpaired) electrons. The van der Waals surface area contributed by atoms with E-state index in [-0.39, 0.29) is 18.3 Å². The maximum Gasteiger partial charge on any atom is 0.220 e. The predicted octanol–water partition coefficient (Wildman–Crippen LogP) is 3.47. The van der Waals surface area contributed by atoms with Crippen molar-refractivity contribution in [3.05, 3.63) is 12.2 Å². The maximum absolute atomic E-state index is 12.2. The number of rotatable bonds is 18. The molecule has 1 amide bonds. The molecule has 3 atom stereocenters. The highest BCUT2D eigenvalue weighted by molar-refractivity contribution is 8.54. The third kappa shape index (κ3) is 17.3. The first-order valence-electron chi connectivity index (χ1n) is 11.1. The SMILES string of the molecule is CCCCC/C=C\[C@@H](O)C(CSP(=O)([O-])OCC[N+](C)(C)C)NC(=O)CCCCC. The van der Waals surface area contributed by atoms with E-state index in [1.165, 1.54) is 0 Å².